The van der Waals surface area contributed by atoms with Crippen LogP contribution in [0.25, 0.3) is 0 Å². The summed E-state index contributed by atoms with van der Waals surface area (Å²) in [6.07, 6.45) is -5.24. The molecule has 5 atom stereocenters. The lowest BCUT2D eigenvalue weighted by atomic mass is 9.97. The summed E-state index contributed by atoms with van der Waals surface area (Å²) < 4.78 is 36.4. The van der Waals surface area contributed by atoms with Gasteiger partial charge in [0.25, 0.3) is 0 Å². The Morgan fingerprint density at radius 2 is 1.65 bits per heavy atom. The summed E-state index contributed by atoms with van der Waals surface area (Å²) in [7, 11) is -4.67. The smallest absolute Gasteiger partial charge is 0.394 e. The fourth-order valence-electron chi connectivity index (χ4n) is 1.49. The van der Waals surface area contributed by atoms with Crippen LogP contribution >= 0.6 is 0 Å². The highest BCUT2D eigenvalue weighted by Crippen LogP contribution is 2.19. The molecule has 1 fully saturated rings. The third-order valence-corrected chi connectivity index (χ3v) is 2.27. The van der Waals surface area contributed by atoms with Crippen LogP contribution in [0.2, 0.25) is 0 Å². The lowest BCUT2D eigenvalue weighted by Crippen LogP contribution is -2.63. The van der Waals surface area contributed by atoms with Crippen molar-refractivity contribution in [3.8, 4) is 0 Å². The predicted molar refractivity (Wildman–Crippen MR) is 61.8 cm³/mol. The Labute approximate surface area is 114 Å². The highest BCUT2D eigenvalue weighted by molar-refractivity contribution is 7.79. The average molecular weight is 319 g/mol. The van der Waals surface area contributed by atoms with Gasteiger partial charge >= 0.3 is 10.4 Å². The number of nitrogens with one attached hydrogen (secondary N) is 1. The second kappa shape index (κ2) is 7.80. The van der Waals surface area contributed by atoms with Gasteiger partial charge < -0.3 is 30.5 Å². The highest BCUT2D eigenvalue weighted by atomic mass is 32.3. The Kier molecular flexibility index (Phi) is 7.46. The van der Waals surface area contributed by atoms with Gasteiger partial charge in [0.2, 0.25) is 5.91 Å². The van der Waals surface area contributed by atoms with E-state index in [0.717, 1.165) is 0 Å². The zero-order chi connectivity index (χ0) is 16.1. The predicted octanol–water partition coefficient (Wildman–Crippen LogP) is -3.73. The van der Waals surface area contributed by atoms with Crippen LogP contribution < -0.4 is 5.32 Å². The molecule has 0 spiro atoms. The van der Waals surface area contributed by atoms with Gasteiger partial charge in [-0.05, 0) is 0 Å². The fraction of sp³-hybridized carbons (Fsp3) is 0.875. The third kappa shape index (κ3) is 7.06. The maximum absolute atomic E-state index is 10.7. The van der Waals surface area contributed by atoms with E-state index in [1.165, 1.54) is 6.92 Å². The summed E-state index contributed by atoms with van der Waals surface area (Å²) in [6.45, 7) is 0.687. The van der Waals surface area contributed by atoms with Gasteiger partial charge in [0.15, 0.2) is 6.29 Å². The van der Waals surface area contributed by atoms with E-state index in [-0.39, 0.29) is 0 Å². The van der Waals surface area contributed by atoms with Crippen LogP contribution in [-0.2, 0) is 19.9 Å². The van der Waals surface area contributed by atoms with Crippen LogP contribution in [-0.4, -0.2) is 81.1 Å². The van der Waals surface area contributed by atoms with Gasteiger partial charge in [0, 0.05) is 6.92 Å². The summed E-state index contributed by atoms with van der Waals surface area (Å²) in [5.74, 6) is -0.462. The quantitative estimate of drug-likeness (QED) is 0.249. The second-order valence-corrected chi connectivity index (χ2v) is 4.80. The molecule has 1 unspecified atom stereocenters. The molecule has 11 nitrogen and oxygen atoms in total. The van der Waals surface area contributed by atoms with Crippen LogP contribution in [0.3, 0.4) is 0 Å². The molecule has 0 bridgehead atoms. The van der Waals surface area contributed by atoms with E-state index in [2.05, 4.69) is 5.32 Å². The van der Waals surface area contributed by atoms with Crippen LogP contribution in [0.1, 0.15) is 6.92 Å². The first-order valence-electron chi connectivity index (χ1n) is 5.25. The number of ether oxygens (including phenoxy) is 1. The van der Waals surface area contributed by atoms with E-state index in [4.69, 9.17) is 27.4 Å². The molecule has 7 N–H and O–H groups in total. The molecule has 120 valence electrons. The fourth-order valence-corrected chi connectivity index (χ4v) is 1.49. The number of carbonyl (C=O) groups excluding carboxylic acids is 1. The molecule has 12 heteroatoms. The van der Waals surface area contributed by atoms with Crippen molar-refractivity contribution in [2.24, 2.45) is 0 Å². The van der Waals surface area contributed by atoms with E-state index in [1.807, 2.05) is 0 Å². The molecule has 0 radical (unpaired) electrons. The summed E-state index contributed by atoms with van der Waals surface area (Å²) >= 11 is 0. The van der Waals surface area contributed by atoms with E-state index >= 15 is 0 Å². The average Bonchev–Trinajstić information content (AvgIpc) is 2.27. The van der Waals surface area contributed by atoms with Crippen molar-refractivity contribution in [2.45, 2.75) is 37.6 Å². The monoisotopic (exact) mass is 319 g/mol. The molecule has 20 heavy (non-hydrogen) atoms. The SMILES string of the molecule is CC(=O)N[C@H]1C(O)O[C@H](CO)[C@H](O)[C@@H]1O.O=S(=O)(O)O. The van der Waals surface area contributed by atoms with Crippen LogP contribution in [0.4, 0.5) is 0 Å². The number of hydrogen-bond acceptors (Lipinski definition) is 8. The van der Waals surface area contributed by atoms with Crippen LogP contribution in [0.15, 0.2) is 0 Å². The number of rotatable bonds is 2. The molecule has 0 aromatic rings. The first-order valence-corrected chi connectivity index (χ1v) is 6.64. The normalized spacial score (nSPS) is 33.9. The van der Waals surface area contributed by atoms with Crippen molar-refractivity contribution in [2.75, 3.05) is 6.61 Å². The zero-order valence-electron chi connectivity index (χ0n) is 10.3. The van der Waals surface area contributed by atoms with Gasteiger partial charge in [-0.15, -0.1) is 0 Å². The van der Waals surface area contributed by atoms with Crippen molar-refractivity contribution >= 4 is 16.3 Å². The number of aliphatic hydroxyl groups is 4. The molecule has 1 rings (SSSR count). The molecule has 1 heterocycles. The van der Waals surface area contributed by atoms with E-state index in [1.54, 1.807) is 0 Å². The van der Waals surface area contributed by atoms with Gasteiger partial charge in [-0.25, -0.2) is 0 Å². The second-order valence-electron chi connectivity index (χ2n) is 3.90. The van der Waals surface area contributed by atoms with E-state index < -0.39 is 53.6 Å². The number of carbonyl (C=O) groups is 1. The standard InChI is InChI=1S/C8H15NO6.H2O4S/c1-3(11)9-5-7(13)6(12)4(2-10)15-8(5)14;1-5(2,3)4/h4-8,10,12-14H,2H2,1H3,(H,9,11);(H2,1,2,3,4)/t4-,5-,6+,7-,8?;/m1./s1. The largest absolute Gasteiger partial charge is 0.394 e. The van der Waals surface area contributed by atoms with Crippen molar-refractivity contribution in [1.29, 1.82) is 0 Å². The molecule has 0 aromatic heterocycles. The number of aliphatic hydroxyl groups excluding tert-OH is 4. The van der Waals surface area contributed by atoms with Crippen molar-refractivity contribution in [3.63, 3.8) is 0 Å². The lowest BCUT2D eigenvalue weighted by molar-refractivity contribution is -0.253. The molecule has 1 aliphatic heterocycles. The molecule has 1 saturated heterocycles. The molecule has 0 saturated carbocycles. The Balaban J connectivity index is 0.000000621. The first kappa shape index (κ1) is 19.1. The highest BCUT2D eigenvalue weighted by Gasteiger charge is 2.43. The zero-order valence-corrected chi connectivity index (χ0v) is 11.1. The maximum Gasteiger partial charge on any atom is 0.394 e. The molecule has 0 aliphatic carbocycles. The Bertz CT molecular complexity index is 403. The van der Waals surface area contributed by atoms with Gasteiger partial charge in [-0.3, -0.25) is 13.9 Å². The van der Waals surface area contributed by atoms with Crippen LogP contribution in [0, 0.1) is 0 Å². The molecular formula is C8H17NO10S. The number of hydrogen-bond donors (Lipinski definition) is 7. The van der Waals surface area contributed by atoms with Gasteiger partial charge in [-0.2, -0.15) is 8.42 Å². The maximum atomic E-state index is 10.7. The summed E-state index contributed by atoms with van der Waals surface area (Å²) in [4.78, 5) is 10.7. The van der Waals surface area contributed by atoms with Crippen molar-refractivity contribution in [1.82, 2.24) is 5.32 Å². The van der Waals surface area contributed by atoms with Crippen LogP contribution in [0.5, 0.6) is 0 Å². The molecular weight excluding hydrogens is 302 g/mol. The van der Waals surface area contributed by atoms with Crippen molar-refractivity contribution < 1.29 is 47.5 Å². The Morgan fingerprint density at radius 1 is 1.20 bits per heavy atom. The molecule has 0 aromatic carbocycles. The Hall–Kier alpha value is -0.860. The molecule has 1 aliphatic rings. The van der Waals surface area contributed by atoms with E-state index in [9.17, 15) is 20.1 Å². The summed E-state index contributed by atoms with van der Waals surface area (Å²) in [5, 5.41) is 39.4. The first-order chi connectivity index (χ1) is 8.97. The lowest BCUT2D eigenvalue weighted by Gasteiger charge is -2.40. The van der Waals surface area contributed by atoms with Gasteiger partial charge in [0.1, 0.15) is 24.4 Å². The van der Waals surface area contributed by atoms with Crippen molar-refractivity contribution in [3.05, 3.63) is 0 Å². The minimum atomic E-state index is -4.67. The minimum absolute atomic E-state index is 0.462. The summed E-state index contributed by atoms with van der Waals surface area (Å²) in [5.41, 5.74) is 0. The van der Waals surface area contributed by atoms with Gasteiger partial charge in [0.05, 0.1) is 6.61 Å². The topological polar surface area (TPSA) is 194 Å². The van der Waals surface area contributed by atoms with E-state index in [0.29, 0.717) is 0 Å². The summed E-state index contributed by atoms with van der Waals surface area (Å²) in [6, 6.07) is -1.10. The number of amides is 1. The minimum Gasteiger partial charge on any atom is -0.394 e. The molecule has 1 amide bonds. The third-order valence-electron chi connectivity index (χ3n) is 2.27. The van der Waals surface area contributed by atoms with Gasteiger partial charge in [-0.1, -0.05) is 0 Å². The Morgan fingerprint density at radius 3 is 2.00 bits per heavy atom.